The smallest absolute Gasteiger partial charge is 0.231 e. The first kappa shape index (κ1) is 19.2. The summed E-state index contributed by atoms with van der Waals surface area (Å²) in [4.78, 5) is 17.7. The third-order valence-electron chi connectivity index (χ3n) is 6.43. The first-order chi connectivity index (χ1) is 14.6. The normalized spacial score (nSPS) is 24.9. The van der Waals surface area contributed by atoms with Gasteiger partial charge in [-0.25, -0.2) is 4.39 Å². The molecule has 1 N–H and O–H groups in total. The number of aromatic nitrogens is 2. The quantitative estimate of drug-likeness (QED) is 0.626. The summed E-state index contributed by atoms with van der Waals surface area (Å²) in [5.41, 5.74) is 1.70. The van der Waals surface area contributed by atoms with Crippen molar-refractivity contribution in [3.63, 3.8) is 0 Å². The van der Waals surface area contributed by atoms with Crippen LogP contribution in [-0.2, 0) is 11.3 Å². The van der Waals surface area contributed by atoms with Crippen LogP contribution in [0.1, 0.15) is 36.6 Å². The van der Waals surface area contributed by atoms with E-state index in [9.17, 15) is 9.18 Å². The third-order valence-corrected chi connectivity index (χ3v) is 6.68. The van der Waals surface area contributed by atoms with Gasteiger partial charge in [-0.3, -0.25) is 4.79 Å². The van der Waals surface area contributed by atoms with Crippen molar-refractivity contribution in [2.75, 3.05) is 0 Å². The highest BCUT2D eigenvalue weighted by Crippen LogP contribution is 2.56. The fourth-order valence-electron chi connectivity index (χ4n) is 5.02. The second-order valence-corrected chi connectivity index (χ2v) is 8.63. The first-order valence-electron chi connectivity index (χ1n) is 10.2. The Morgan fingerprint density at radius 2 is 1.83 bits per heavy atom. The van der Waals surface area contributed by atoms with Crippen LogP contribution < -0.4 is 5.32 Å². The molecule has 0 aliphatic heterocycles. The van der Waals surface area contributed by atoms with E-state index in [0.29, 0.717) is 40.7 Å². The van der Waals surface area contributed by atoms with Crippen molar-refractivity contribution in [2.45, 2.75) is 31.7 Å². The number of carbonyl (C=O) groups is 1. The van der Waals surface area contributed by atoms with Gasteiger partial charge >= 0.3 is 0 Å². The molecular formula is C23H21ClFN3O2. The van der Waals surface area contributed by atoms with E-state index in [4.69, 9.17) is 16.1 Å². The zero-order valence-electron chi connectivity index (χ0n) is 16.2. The van der Waals surface area contributed by atoms with Crippen LogP contribution in [0.5, 0.6) is 0 Å². The van der Waals surface area contributed by atoms with Crippen LogP contribution >= 0.6 is 11.6 Å². The second kappa shape index (κ2) is 7.84. The maximum absolute atomic E-state index is 13.2. The molecule has 5 nitrogen and oxygen atoms in total. The van der Waals surface area contributed by atoms with Crippen molar-refractivity contribution in [1.29, 1.82) is 0 Å². The number of amides is 1. The SMILES string of the molecule is O=C(NCc1ccc(Cl)cc1)[C@H]1[C@H]2CC[C@H](C2)[C@@H]1c1nc(-c2ccc(F)cc2)no1. The van der Waals surface area contributed by atoms with E-state index in [1.807, 2.05) is 24.3 Å². The monoisotopic (exact) mass is 425 g/mol. The Bertz CT molecular complexity index is 1050. The zero-order chi connectivity index (χ0) is 20.7. The van der Waals surface area contributed by atoms with Gasteiger partial charge in [0.2, 0.25) is 17.6 Å². The molecule has 7 heteroatoms. The number of hydrogen-bond acceptors (Lipinski definition) is 4. The highest BCUT2D eigenvalue weighted by Gasteiger charge is 2.53. The van der Waals surface area contributed by atoms with Gasteiger partial charge in [0, 0.05) is 17.1 Å². The summed E-state index contributed by atoms with van der Waals surface area (Å²) in [7, 11) is 0. The topological polar surface area (TPSA) is 68.0 Å². The fourth-order valence-corrected chi connectivity index (χ4v) is 5.15. The Balaban J connectivity index is 1.34. The van der Waals surface area contributed by atoms with Crippen LogP contribution in [0.4, 0.5) is 4.39 Å². The molecule has 0 saturated heterocycles. The molecule has 30 heavy (non-hydrogen) atoms. The van der Waals surface area contributed by atoms with Crippen LogP contribution in [-0.4, -0.2) is 16.0 Å². The molecule has 0 spiro atoms. The number of benzene rings is 2. The molecule has 2 fully saturated rings. The number of hydrogen-bond donors (Lipinski definition) is 1. The van der Waals surface area contributed by atoms with Gasteiger partial charge < -0.3 is 9.84 Å². The van der Waals surface area contributed by atoms with E-state index in [-0.39, 0.29) is 23.6 Å². The lowest BCUT2D eigenvalue weighted by atomic mass is 9.78. The molecule has 2 saturated carbocycles. The maximum Gasteiger partial charge on any atom is 0.231 e. The van der Waals surface area contributed by atoms with Crippen molar-refractivity contribution in [3.05, 3.63) is 70.8 Å². The number of nitrogens with one attached hydrogen (secondary N) is 1. The van der Waals surface area contributed by atoms with Crippen LogP contribution in [0.25, 0.3) is 11.4 Å². The molecule has 1 amide bonds. The van der Waals surface area contributed by atoms with Crippen molar-refractivity contribution in [2.24, 2.45) is 17.8 Å². The Hall–Kier alpha value is -2.73. The Kier molecular flexibility index (Phi) is 5.03. The summed E-state index contributed by atoms with van der Waals surface area (Å²) < 4.78 is 18.8. The first-order valence-corrected chi connectivity index (χ1v) is 10.6. The van der Waals surface area contributed by atoms with E-state index in [2.05, 4.69) is 15.5 Å². The number of rotatable bonds is 5. The molecule has 3 aromatic rings. The highest BCUT2D eigenvalue weighted by atomic mass is 35.5. The molecular weight excluding hydrogens is 405 g/mol. The minimum Gasteiger partial charge on any atom is -0.352 e. The number of carbonyl (C=O) groups excluding carboxylic acids is 1. The Labute approximate surface area is 178 Å². The molecule has 1 aromatic heterocycles. The lowest BCUT2D eigenvalue weighted by Gasteiger charge is -2.27. The van der Waals surface area contributed by atoms with Crippen molar-refractivity contribution in [3.8, 4) is 11.4 Å². The summed E-state index contributed by atoms with van der Waals surface area (Å²) >= 11 is 5.93. The van der Waals surface area contributed by atoms with Gasteiger partial charge in [0.05, 0.1) is 11.8 Å². The molecule has 0 unspecified atom stereocenters. The summed E-state index contributed by atoms with van der Waals surface area (Å²) in [6.45, 7) is 0.460. The molecule has 0 radical (unpaired) electrons. The fraction of sp³-hybridized carbons (Fsp3) is 0.348. The predicted molar refractivity (Wildman–Crippen MR) is 110 cm³/mol. The molecule has 2 bridgehead atoms. The van der Waals surface area contributed by atoms with Crippen LogP contribution in [0, 0.1) is 23.6 Å². The predicted octanol–water partition coefficient (Wildman–Crippen LogP) is 4.98. The standard InChI is InChI=1S/C23H21ClFN3O2/c24-17-7-1-13(2-8-17)12-26-22(29)19-15-3-4-16(11-15)20(19)23-27-21(28-30-23)14-5-9-18(25)10-6-14/h1-2,5-10,15-16,19-20H,3-4,11-12H2,(H,26,29)/t15-,16+,19-,20-/m0/s1. The largest absolute Gasteiger partial charge is 0.352 e. The Morgan fingerprint density at radius 3 is 2.60 bits per heavy atom. The minimum absolute atomic E-state index is 0.0312. The van der Waals surface area contributed by atoms with Gasteiger partial charge in [0.15, 0.2) is 0 Å². The van der Waals surface area contributed by atoms with E-state index < -0.39 is 0 Å². The molecule has 4 atom stereocenters. The lowest BCUT2D eigenvalue weighted by Crippen LogP contribution is -2.37. The maximum atomic E-state index is 13.2. The number of halogens is 2. The van der Waals surface area contributed by atoms with E-state index in [0.717, 1.165) is 24.8 Å². The summed E-state index contributed by atoms with van der Waals surface area (Å²) in [5, 5.41) is 7.84. The number of nitrogens with zero attached hydrogens (tertiary/aromatic N) is 2. The molecule has 5 rings (SSSR count). The average molecular weight is 426 g/mol. The summed E-state index contributed by atoms with van der Waals surface area (Å²) in [6.07, 6.45) is 3.14. The highest BCUT2D eigenvalue weighted by molar-refractivity contribution is 6.30. The van der Waals surface area contributed by atoms with Crippen molar-refractivity contribution >= 4 is 17.5 Å². The average Bonchev–Trinajstić information content (AvgIpc) is 3.49. The van der Waals surface area contributed by atoms with Gasteiger partial charge in [0.25, 0.3) is 0 Å². The summed E-state index contributed by atoms with van der Waals surface area (Å²) in [5.74, 6) is 1.13. The van der Waals surface area contributed by atoms with Gasteiger partial charge in [-0.15, -0.1) is 0 Å². The lowest BCUT2D eigenvalue weighted by molar-refractivity contribution is -0.127. The van der Waals surface area contributed by atoms with Crippen LogP contribution in [0.15, 0.2) is 53.1 Å². The van der Waals surface area contributed by atoms with Gasteiger partial charge in [-0.1, -0.05) is 28.9 Å². The van der Waals surface area contributed by atoms with E-state index >= 15 is 0 Å². The van der Waals surface area contributed by atoms with Crippen LogP contribution in [0.3, 0.4) is 0 Å². The van der Waals surface area contributed by atoms with Gasteiger partial charge in [0.1, 0.15) is 5.82 Å². The Morgan fingerprint density at radius 1 is 1.10 bits per heavy atom. The summed E-state index contributed by atoms with van der Waals surface area (Å²) in [6, 6.07) is 13.5. The molecule has 154 valence electrons. The molecule has 2 aliphatic rings. The second-order valence-electron chi connectivity index (χ2n) is 8.19. The molecule has 1 heterocycles. The van der Waals surface area contributed by atoms with Gasteiger partial charge in [-0.2, -0.15) is 4.98 Å². The van der Waals surface area contributed by atoms with Crippen LogP contribution in [0.2, 0.25) is 5.02 Å². The van der Waals surface area contributed by atoms with E-state index in [1.54, 1.807) is 12.1 Å². The van der Waals surface area contributed by atoms with Gasteiger partial charge in [-0.05, 0) is 73.1 Å². The zero-order valence-corrected chi connectivity index (χ0v) is 17.0. The van der Waals surface area contributed by atoms with Crippen molar-refractivity contribution in [1.82, 2.24) is 15.5 Å². The van der Waals surface area contributed by atoms with E-state index in [1.165, 1.54) is 12.1 Å². The third kappa shape index (κ3) is 3.60. The molecule has 2 aliphatic carbocycles. The number of fused-ring (bicyclic) bond motifs is 2. The van der Waals surface area contributed by atoms with Crippen molar-refractivity contribution < 1.29 is 13.7 Å². The minimum atomic E-state index is -0.312. The molecule has 2 aromatic carbocycles.